The molecule has 1 saturated carbocycles. The maximum absolute atomic E-state index is 12.2. The van der Waals surface area contributed by atoms with Crippen LogP contribution in [0.25, 0.3) is 0 Å². The normalized spacial score (nSPS) is 43.5. The Balaban J connectivity index is 2.47. The van der Waals surface area contributed by atoms with Crippen molar-refractivity contribution in [3.63, 3.8) is 0 Å². The van der Waals surface area contributed by atoms with E-state index in [0.29, 0.717) is 0 Å². The van der Waals surface area contributed by atoms with Gasteiger partial charge in [-0.3, -0.25) is 0 Å². The lowest BCUT2D eigenvalue weighted by atomic mass is 9.82. The molecule has 0 heterocycles. The number of alkyl halides is 3. The molecule has 2 unspecified atom stereocenters. The van der Waals surface area contributed by atoms with Crippen LogP contribution in [-0.2, 0) is 0 Å². The second-order valence-electron chi connectivity index (χ2n) is 2.27. The monoisotopic (exact) mass is 184 g/mol. The molecule has 48 valence electrons. The second kappa shape index (κ2) is 1.66. The predicted octanol–water partition coefficient (Wildman–Crippen LogP) is 2.43. The highest BCUT2D eigenvalue weighted by molar-refractivity contribution is 9.09. The Morgan fingerprint density at radius 3 is 2.12 bits per heavy atom. The lowest BCUT2D eigenvalue weighted by Crippen LogP contribution is -2.46. The van der Waals surface area contributed by atoms with Crippen molar-refractivity contribution in [3.05, 3.63) is 0 Å². The summed E-state index contributed by atoms with van der Waals surface area (Å²) in [5.41, 5.74) is 0. The van der Waals surface area contributed by atoms with E-state index >= 15 is 0 Å². The highest BCUT2D eigenvalue weighted by Crippen LogP contribution is 2.46. The minimum Gasteiger partial charge on any atom is -0.207 e. The molecule has 1 aliphatic carbocycles. The zero-order valence-electron chi connectivity index (χ0n) is 4.50. The third kappa shape index (κ3) is 0.768. The summed E-state index contributed by atoms with van der Waals surface area (Å²) in [5.74, 6) is -2.86. The van der Waals surface area contributed by atoms with Crippen molar-refractivity contribution in [1.29, 1.82) is 0 Å². The minimum atomic E-state index is -2.39. The van der Waals surface area contributed by atoms with E-state index in [1.54, 1.807) is 6.92 Å². The van der Waals surface area contributed by atoms with E-state index in [1.165, 1.54) is 0 Å². The Kier molecular flexibility index (Phi) is 1.34. The molecule has 2 atom stereocenters. The van der Waals surface area contributed by atoms with Gasteiger partial charge in [-0.05, 0) is 0 Å². The number of rotatable bonds is 0. The predicted molar refractivity (Wildman–Crippen MR) is 31.4 cm³/mol. The average molecular weight is 185 g/mol. The molecule has 0 aromatic heterocycles. The average Bonchev–Trinajstić information content (AvgIpc) is 1.65. The van der Waals surface area contributed by atoms with Crippen molar-refractivity contribution >= 4 is 15.9 Å². The molecule has 0 N–H and O–H groups in total. The van der Waals surface area contributed by atoms with Crippen LogP contribution >= 0.6 is 15.9 Å². The topological polar surface area (TPSA) is 0 Å². The van der Waals surface area contributed by atoms with Gasteiger partial charge in [0.25, 0.3) is 5.92 Å². The van der Waals surface area contributed by atoms with E-state index < -0.39 is 11.8 Å². The van der Waals surface area contributed by atoms with Crippen LogP contribution in [0.1, 0.15) is 13.3 Å². The highest BCUT2D eigenvalue weighted by Gasteiger charge is 2.51. The van der Waals surface area contributed by atoms with E-state index in [1.807, 2.05) is 0 Å². The van der Waals surface area contributed by atoms with Crippen molar-refractivity contribution in [2.24, 2.45) is 5.92 Å². The van der Waals surface area contributed by atoms with E-state index in [0.717, 1.165) is 0 Å². The van der Waals surface area contributed by atoms with E-state index in [2.05, 4.69) is 15.9 Å². The summed E-state index contributed by atoms with van der Waals surface area (Å²) in [6.07, 6.45) is 0.00810. The van der Waals surface area contributed by atoms with Gasteiger partial charge in [0, 0.05) is 17.2 Å². The molecule has 8 heavy (non-hydrogen) atoms. The molecule has 0 aromatic carbocycles. The molecule has 0 radical (unpaired) electrons. The Hall–Kier alpha value is 0.340. The van der Waals surface area contributed by atoms with Gasteiger partial charge in [0.2, 0.25) is 0 Å². The summed E-state index contributed by atoms with van der Waals surface area (Å²) in [6, 6.07) is 0. The maximum Gasteiger partial charge on any atom is 0.252 e. The molecular formula is C5H7BrF2. The van der Waals surface area contributed by atoms with E-state index in [-0.39, 0.29) is 11.2 Å². The summed E-state index contributed by atoms with van der Waals surface area (Å²) in [7, 11) is 0. The molecule has 0 aromatic rings. The van der Waals surface area contributed by atoms with Gasteiger partial charge in [0.05, 0.1) is 0 Å². The molecular weight excluding hydrogens is 178 g/mol. The number of hydrogen-bond acceptors (Lipinski definition) is 0. The van der Waals surface area contributed by atoms with Gasteiger partial charge in [-0.25, -0.2) is 8.78 Å². The van der Waals surface area contributed by atoms with Crippen molar-refractivity contribution in [3.8, 4) is 0 Å². The molecule has 0 spiro atoms. The van der Waals surface area contributed by atoms with Crippen LogP contribution in [0.2, 0.25) is 0 Å². The second-order valence-corrected chi connectivity index (χ2v) is 3.45. The van der Waals surface area contributed by atoms with Crippen LogP contribution in [0, 0.1) is 5.92 Å². The van der Waals surface area contributed by atoms with Gasteiger partial charge in [0.15, 0.2) is 0 Å². The van der Waals surface area contributed by atoms with Crippen LogP contribution in [0.3, 0.4) is 0 Å². The van der Waals surface area contributed by atoms with E-state index in [9.17, 15) is 8.78 Å². The highest BCUT2D eigenvalue weighted by atomic mass is 79.9. The first-order chi connectivity index (χ1) is 3.54. The Labute approximate surface area is 55.4 Å². The summed E-state index contributed by atoms with van der Waals surface area (Å²) >= 11 is 3.12. The molecule has 1 fully saturated rings. The Bertz CT molecular complexity index is 103. The lowest BCUT2D eigenvalue weighted by Gasteiger charge is -2.38. The van der Waals surface area contributed by atoms with Crippen LogP contribution in [0.15, 0.2) is 0 Å². The van der Waals surface area contributed by atoms with Crippen molar-refractivity contribution in [2.75, 3.05) is 0 Å². The van der Waals surface area contributed by atoms with Crippen molar-refractivity contribution < 1.29 is 8.78 Å². The van der Waals surface area contributed by atoms with Gasteiger partial charge in [0.1, 0.15) is 0 Å². The first kappa shape index (κ1) is 6.46. The molecule has 1 rings (SSSR count). The van der Waals surface area contributed by atoms with Crippen LogP contribution in [-0.4, -0.2) is 10.7 Å². The SMILES string of the molecule is CC1C(Br)CC1(F)F. The lowest BCUT2D eigenvalue weighted by molar-refractivity contribution is -0.116. The summed E-state index contributed by atoms with van der Waals surface area (Å²) < 4.78 is 24.3. The maximum atomic E-state index is 12.2. The van der Waals surface area contributed by atoms with Crippen LogP contribution in [0.4, 0.5) is 8.78 Å². The summed E-state index contributed by atoms with van der Waals surface area (Å²) in [5, 5.41) is 0. The third-order valence-corrected chi connectivity index (χ3v) is 2.79. The Morgan fingerprint density at radius 2 is 2.12 bits per heavy atom. The zero-order chi connectivity index (χ0) is 6.36. The largest absolute Gasteiger partial charge is 0.252 e. The van der Waals surface area contributed by atoms with Gasteiger partial charge in [-0.1, -0.05) is 22.9 Å². The summed E-state index contributed by atoms with van der Waals surface area (Å²) in [4.78, 5) is 0.0394. The first-order valence-electron chi connectivity index (χ1n) is 2.56. The molecule has 0 aliphatic heterocycles. The molecule has 0 bridgehead atoms. The fourth-order valence-electron chi connectivity index (χ4n) is 0.727. The van der Waals surface area contributed by atoms with Gasteiger partial charge in [-0.2, -0.15) is 0 Å². The molecule has 1 aliphatic rings. The molecule has 0 nitrogen and oxygen atoms in total. The van der Waals surface area contributed by atoms with E-state index in [4.69, 9.17) is 0 Å². The smallest absolute Gasteiger partial charge is 0.207 e. The number of hydrogen-bond donors (Lipinski definition) is 0. The zero-order valence-corrected chi connectivity index (χ0v) is 6.08. The molecule has 0 saturated heterocycles. The molecule has 3 heteroatoms. The summed E-state index contributed by atoms with van der Waals surface area (Å²) in [6.45, 7) is 1.56. The quantitative estimate of drug-likeness (QED) is 0.508. The molecule has 0 amide bonds. The van der Waals surface area contributed by atoms with Crippen LogP contribution in [0.5, 0.6) is 0 Å². The van der Waals surface area contributed by atoms with Gasteiger partial charge >= 0.3 is 0 Å². The minimum absolute atomic E-state index is 0.00810. The number of halogens is 3. The fourth-order valence-corrected chi connectivity index (χ4v) is 1.55. The first-order valence-corrected chi connectivity index (χ1v) is 3.47. The standard InChI is InChI=1S/C5H7BrF2/c1-3-4(6)2-5(3,7)8/h3-4H,2H2,1H3. The van der Waals surface area contributed by atoms with Gasteiger partial charge < -0.3 is 0 Å². The fraction of sp³-hybridized carbons (Fsp3) is 1.00. The third-order valence-electron chi connectivity index (χ3n) is 1.68. The van der Waals surface area contributed by atoms with Crippen LogP contribution < -0.4 is 0 Å². The van der Waals surface area contributed by atoms with Gasteiger partial charge in [-0.15, -0.1) is 0 Å². The Morgan fingerprint density at radius 1 is 1.62 bits per heavy atom. The van der Waals surface area contributed by atoms with Crippen molar-refractivity contribution in [2.45, 2.75) is 24.1 Å². The van der Waals surface area contributed by atoms with Crippen molar-refractivity contribution in [1.82, 2.24) is 0 Å².